The Balaban J connectivity index is 2.01. The van der Waals surface area contributed by atoms with E-state index in [4.69, 9.17) is 17.4 Å². The lowest BCUT2D eigenvalue weighted by Crippen LogP contribution is -2.29. The maximum Gasteiger partial charge on any atom is 0.108 e. The van der Waals surface area contributed by atoms with Gasteiger partial charge in [-0.05, 0) is 18.6 Å². The third-order valence-corrected chi connectivity index (χ3v) is 3.11. The highest BCUT2D eigenvalue weighted by atomic mass is 35.5. The molecule has 1 atom stereocenters. The number of hydrazine groups is 1. The van der Waals surface area contributed by atoms with Crippen molar-refractivity contribution in [1.82, 2.24) is 20.0 Å². The number of imidazole rings is 1. The van der Waals surface area contributed by atoms with Crippen LogP contribution in [0.3, 0.4) is 0 Å². The lowest BCUT2D eigenvalue weighted by molar-refractivity contribution is 0.495. The first kappa shape index (κ1) is 13.0. The topological polar surface area (TPSA) is 68.8 Å². The molecule has 96 valence electrons. The third-order valence-electron chi connectivity index (χ3n) is 2.89. The van der Waals surface area contributed by atoms with Gasteiger partial charge in [-0.3, -0.25) is 16.3 Å². The number of hydrogen-bond donors (Lipinski definition) is 2. The fraction of sp³-hybridized carbons (Fsp3) is 0.333. The Kier molecular flexibility index (Phi) is 4.30. The summed E-state index contributed by atoms with van der Waals surface area (Å²) in [5, 5.41) is 0.624. The molecule has 0 aliphatic rings. The van der Waals surface area contributed by atoms with E-state index in [0.717, 1.165) is 24.4 Å². The summed E-state index contributed by atoms with van der Waals surface area (Å²) in [5.41, 5.74) is 3.66. The van der Waals surface area contributed by atoms with Crippen molar-refractivity contribution >= 4 is 11.6 Å². The second-order valence-electron chi connectivity index (χ2n) is 4.11. The number of nitrogens with two attached hydrogens (primary N) is 1. The SMILES string of the molecule is Cn1ccnc1CCC(NN)c1ccc(Cl)cn1. The summed E-state index contributed by atoms with van der Waals surface area (Å²) in [6.07, 6.45) is 7.02. The number of aryl methyl sites for hydroxylation is 2. The van der Waals surface area contributed by atoms with Crippen molar-refractivity contribution < 1.29 is 0 Å². The average Bonchev–Trinajstić information content (AvgIpc) is 2.78. The van der Waals surface area contributed by atoms with Crippen molar-refractivity contribution in [2.24, 2.45) is 12.9 Å². The molecule has 0 fully saturated rings. The Hall–Kier alpha value is -1.43. The fourth-order valence-corrected chi connectivity index (χ4v) is 1.93. The number of hydrogen-bond acceptors (Lipinski definition) is 4. The van der Waals surface area contributed by atoms with Crippen molar-refractivity contribution in [3.63, 3.8) is 0 Å². The summed E-state index contributed by atoms with van der Waals surface area (Å²) in [7, 11) is 1.98. The molecule has 0 amide bonds. The van der Waals surface area contributed by atoms with Gasteiger partial charge in [-0.15, -0.1) is 0 Å². The predicted molar refractivity (Wildman–Crippen MR) is 70.8 cm³/mol. The molecule has 0 aliphatic heterocycles. The van der Waals surface area contributed by atoms with Crippen LogP contribution < -0.4 is 11.3 Å². The lowest BCUT2D eigenvalue weighted by Gasteiger charge is -2.15. The molecule has 2 rings (SSSR count). The smallest absolute Gasteiger partial charge is 0.108 e. The molecule has 6 heteroatoms. The van der Waals surface area contributed by atoms with Crippen LogP contribution in [-0.4, -0.2) is 14.5 Å². The zero-order valence-corrected chi connectivity index (χ0v) is 10.9. The largest absolute Gasteiger partial charge is 0.338 e. The van der Waals surface area contributed by atoms with Gasteiger partial charge in [-0.1, -0.05) is 11.6 Å². The molecule has 1 unspecified atom stereocenters. The molecule has 0 aromatic carbocycles. The second-order valence-corrected chi connectivity index (χ2v) is 4.55. The Bertz CT molecular complexity index is 493. The van der Waals surface area contributed by atoms with E-state index in [1.54, 1.807) is 12.4 Å². The van der Waals surface area contributed by atoms with Crippen LogP contribution in [-0.2, 0) is 13.5 Å². The molecule has 3 N–H and O–H groups in total. The lowest BCUT2D eigenvalue weighted by atomic mass is 10.1. The molecule has 5 nitrogen and oxygen atoms in total. The molecular weight excluding hydrogens is 250 g/mol. The number of nitrogens with one attached hydrogen (secondary N) is 1. The van der Waals surface area contributed by atoms with Crippen molar-refractivity contribution in [2.45, 2.75) is 18.9 Å². The van der Waals surface area contributed by atoms with Gasteiger partial charge in [0.1, 0.15) is 5.82 Å². The minimum Gasteiger partial charge on any atom is -0.338 e. The molecule has 18 heavy (non-hydrogen) atoms. The van der Waals surface area contributed by atoms with E-state index in [-0.39, 0.29) is 6.04 Å². The van der Waals surface area contributed by atoms with Gasteiger partial charge in [-0.25, -0.2) is 4.98 Å². The molecule has 0 saturated carbocycles. The van der Waals surface area contributed by atoms with E-state index in [1.165, 1.54) is 0 Å². The zero-order chi connectivity index (χ0) is 13.0. The maximum atomic E-state index is 5.81. The van der Waals surface area contributed by atoms with Gasteiger partial charge in [0.05, 0.1) is 16.8 Å². The number of aromatic nitrogens is 3. The van der Waals surface area contributed by atoms with E-state index >= 15 is 0 Å². The first-order chi connectivity index (χ1) is 8.70. The van der Waals surface area contributed by atoms with Crippen molar-refractivity contribution in [1.29, 1.82) is 0 Å². The van der Waals surface area contributed by atoms with E-state index in [1.807, 2.05) is 29.9 Å². The van der Waals surface area contributed by atoms with Crippen LogP contribution in [0.5, 0.6) is 0 Å². The average molecular weight is 266 g/mol. The van der Waals surface area contributed by atoms with E-state index in [9.17, 15) is 0 Å². The summed E-state index contributed by atoms with van der Waals surface area (Å²) in [6, 6.07) is 3.69. The van der Waals surface area contributed by atoms with Crippen LogP contribution in [0.2, 0.25) is 5.02 Å². The van der Waals surface area contributed by atoms with Crippen LogP contribution in [0.15, 0.2) is 30.7 Å². The quantitative estimate of drug-likeness (QED) is 0.637. The summed E-state index contributed by atoms with van der Waals surface area (Å²) in [6.45, 7) is 0. The molecule has 0 radical (unpaired) electrons. The minimum absolute atomic E-state index is 0.000957. The fourth-order valence-electron chi connectivity index (χ4n) is 1.82. The monoisotopic (exact) mass is 265 g/mol. The Labute approximate surface area is 111 Å². The molecular formula is C12H16ClN5. The highest BCUT2D eigenvalue weighted by Gasteiger charge is 2.12. The standard InChI is InChI=1S/C12H16ClN5/c1-18-7-6-15-12(18)5-4-11(17-14)10-3-2-9(13)8-16-10/h2-3,6-8,11,17H,4-5,14H2,1H3. The zero-order valence-electron chi connectivity index (χ0n) is 10.2. The summed E-state index contributed by atoms with van der Waals surface area (Å²) in [5.74, 6) is 6.60. The molecule has 0 bridgehead atoms. The molecule has 2 aromatic rings. The Morgan fingerprint density at radius 1 is 1.44 bits per heavy atom. The van der Waals surface area contributed by atoms with Gasteiger partial charge in [0.2, 0.25) is 0 Å². The first-order valence-corrected chi connectivity index (χ1v) is 6.12. The van der Waals surface area contributed by atoms with E-state index in [2.05, 4.69) is 15.4 Å². The molecule has 0 saturated heterocycles. The van der Waals surface area contributed by atoms with Crippen molar-refractivity contribution in [3.05, 3.63) is 47.3 Å². The summed E-state index contributed by atoms with van der Waals surface area (Å²) in [4.78, 5) is 8.55. The van der Waals surface area contributed by atoms with Gasteiger partial charge in [0.15, 0.2) is 0 Å². The maximum absolute atomic E-state index is 5.81. The van der Waals surface area contributed by atoms with Gasteiger partial charge >= 0.3 is 0 Å². The van der Waals surface area contributed by atoms with Crippen LogP contribution >= 0.6 is 11.6 Å². The Morgan fingerprint density at radius 3 is 2.83 bits per heavy atom. The molecule has 0 aliphatic carbocycles. The first-order valence-electron chi connectivity index (χ1n) is 5.74. The number of rotatable bonds is 5. The van der Waals surface area contributed by atoms with Crippen LogP contribution in [0.4, 0.5) is 0 Å². The summed E-state index contributed by atoms with van der Waals surface area (Å²) < 4.78 is 2.00. The van der Waals surface area contributed by atoms with Crippen LogP contribution in [0.1, 0.15) is 24.0 Å². The number of pyridine rings is 1. The normalized spacial score (nSPS) is 12.6. The van der Waals surface area contributed by atoms with Gasteiger partial charge in [0.25, 0.3) is 0 Å². The van der Waals surface area contributed by atoms with E-state index < -0.39 is 0 Å². The van der Waals surface area contributed by atoms with Gasteiger partial charge in [0, 0.05) is 32.1 Å². The Morgan fingerprint density at radius 2 is 2.28 bits per heavy atom. The van der Waals surface area contributed by atoms with Crippen molar-refractivity contribution in [2.75, 3.05) is 0 Å². The van der Waals surface area contributed by atoms with Crippen molar-refractivity contribution in [3.8, 4) is 0 Å². The third kappa shape index (κ3) is 3.07. The predicted octanol–water partition coefficient (Wildman–Crippen LogP) is 1.61. The number of nitrogens with zero attached hydrogens (tertiary/aromatic N) is 3. The minimum atomic E-state index is -0.000957. The molecule has 2 aromatic heterocycles. The highest BCUT2D eigenvalue weighted by molar-refractivity contribution is 6.30. The van der Waals surface area contributed by atoms with E-state index in [0.29, 0.717) is 5.02 Å². The highest BCUT2D eigenvalue weighted by Crippen LogP contribution is 2.17. The molecule has 0 spiro atoms. The molecule has 2 heterocycles. The number of halogens is 1. The van der Waals surface area contributed by atoms with Gasteiger partial charge < -0.3 is 4.57 Å². The van der Waals surface area contributed by atoms with Crippen LogP contribution in [0, 0.1) is 0 Å². The summed E-state index contributed by atoms with van der Waals surface area (Å²) >= 11 is 5.81. The second kappa shape index (κ2) is 5.95. The van der Waals surface area contributed by atoms with Gasteiger partial charge in [-0.2, -0.15) is 0 Å². The van der Waals surface area contributed by atoms with Crippen LogP contribution in [0.25, 0.3) is 0 Å².